The Kier molecular flexibility index (Phi) is 3.34. The van der Waals surface area contributed by atoms with Crippen LogP contribution in [0, 0.1) is 18.3 Å². The maximum absolute atomic E-state index is 11.7. The van der Waals surface area contributed by atoms with Gasteiger partial charge in [0.2, 0.25) is 5.82 Å². The van der Waals surface area contributed by atoms with Crippen molar-refractivity contribution in [2.75, 3.05) is 0 Å². The zero-order valence-electron chi connectivity index (χ0n) is 9.77. The number of aromatic nitrogens is 3. The molecular weight excluding hydrogens is 230 g/mol. The highest BCUT2D eigenvalue weighted by Gasteiger charge is 2.10. The molecule has 0 aliphatic carbocycles. The minimum absolute atomic E-state index is 0.115. The van der Waals surface area contributed by atoms with E-state index in [-0.39, 0.29) is 11.7 Å². The normalized spacial score (nSPS) is 9.78. The topological polar surface area (TPSA) is 94.5 Å². The fourth-order valence-electron chi connectivity index (χ4n) is 1.46. The maximum atomic E-state index is 11.7. The van der Waals surface area contributed by atoms with Crippen LogP contribution in [0.3, 0.4) is 0 Å². The molecule has 0 saturated heterocycles. The van der Waals surface area contributed by atoms with Crippen LogP contribution in [0.4, 0.5) is 0 Å². The number of nitriles is 1. The number of hydrogen-bond acceptors (Lipinski definition) is 4. The Morgan fingerprint density at radius 3 is 3.06 bits per heavy atom. The number of carbonyl (C=O) groups is 1. The lowest BCUT2D eigenvalue weighted by molar-refractivity contribution is 0.0941. The van der Waals surface area contributed by atoms with Crippen LogP contribution in [0.1, 0.15) is 27.6 Å². The number of nitrogens with zero attached hydrogens (tertiary/aromatic N) is 3. The zero-order valence-corrected chi connectivity index (χ0v) is 9.77. The van der Waals surface area contributed by atoms with E-state index in [4.69, 9.17) is 5.26 Å². The van der Waals surface area contributed by atoms with Gasteiger partial charge in [0.1, 0.15) is 5.82 Å². The van der Waals surface area contributed by atoms with Crippen molar-refractivity contribution in [3.05, 3.63) is 47.0 Å². The second kappa shape index (κ2) is 5.10. The van der Waals surface area contributed by atoms with Gasteiger partial charge < -0.3 is 5.32 Å². The number of amides is 1. The van der Waals surface area contributed by atoms with Crippen molar-refractivity contribution in [2.45, 2.75) is 13.5 Å². The van der Waals surface area contributed by atoms with E-state index >= 15 is 0 Å². The highest BCUT2D eigenvalue weighted by Crippen LogP contribution is 2.04. The first-order valence-electron chi connectivity index (χ1n) is 5.35. The molecule has 1 aromatic carbocycles. The van der Waals surface area contributed by atoms with Gasteiger partial charge in [-0.1, -0.05) is 12.1 Å². The van der Waals surface area contributed by atoms with Gasteiger partial charge in [-0.25, -0.2) is 4.98 Å². The van der Waals surface area contributed by atoms with Crippen LogP contribution in [-0.4, -0.2) is 21.1 Å². The van der Waals surface area contributed by atoms with Crippen molar-refractivity contribution >= 4 is 5.91 Å². The molecule has 90 valence electrons. The molecule has 0 aliphatic heterocycles. The van der Waals surface area contributed by atoms with E-state index in [9.17, 15) is 4.79 Å². The van der Waals surface area contributed by atoms with Crippen molar-refractivity contribution in [2.24, 2.45) is 0 Å². The molecule has 2 rings (SSSR count). The fraction of sp³-hybridized carbons (Fsp3) is 0.167. The molecule has 1 amide bonds. The van der Waals surface area contributed by atoms with Crippen LogP contribution in [0.15, 0.2) is 24.3 Å². The van der Waals surface area contributed by atoms with Crippen molar-refractivity contribution in [3.63, 3.8) is 0 Å². The maximum Gasteiger partial charge on any atom is 0.291 e. The number of aryl methyl sites for hydroxylation is 1. The Hall–Kier alpha value is -2.68. The van der Waals surface area contributed by atoms with Gasteiger partial charge in [0.05, 0.1) is 11.6 Å². The van der Waals surface area contributed by atoms with Crippen LogP contribution in [-0.2, 0) is 6.54 Å². The van der Waals surface area contributed by atoms with E-state index in [1.165, 1.54) is 0 Å². The van der Waals surface area contributed by atoms with Crippen molar-refractivity contribution in [1.82, 2.24) is 20.5 Å². The minimum atomic E-state index is -0.346. The van der Waals surface area contributed by atoms with Gasteiger partial charge in [0, 0.05) is 6.54 Å². The van der Waals surface area contributed by atoms with Crippen LogP contribution in [0.2, 0.25) is 0 Å². The number of benzene rings is 1. The van der Waals surface area contributed by atoms with E-state index in [1.54, 1.807) is 25.1 Å². The summed E-state index contributed by atoms with van der Waals surface area (Å²) in [6.07, 6.45) is 0. The van der Waals surface area contributed by atoms with E-state index in [0.29, 0.717) is 17.9 Å². The van der Waals surface area contributed by atoms with Crippen molar-refractivity contribution in [3.8, 4) is 6.07 Å². The summed E-state index contributed by atoms with van der Waals surface area (Å²) in [5.74, 6) is 0.359. The number of carbonyl (C=O) groups excluding carboxylic acids is 1. The Morgan fingerprint density at radius 2 is 2.39 bits per heavy atom. The molecule has 0 unspecified atom stereocenters. The zero-order chi connectivity index (χ0) is 13.0. The predicted molar refractivity (Wildman–Crippen MR) is 63.4 cm³/mol. The monoisotopic (exact) mass is 241 g/mol. The number of hydrogen-bond donors (Lipinski definition) is 2. The molecule has 1 aromatic heterocycles. The molecule has 2 N–H and O–H groups in total. The number of nitrogens with one attached hydrogen (secondary N) is 2. The number of rotatable bonds is 3. The molecule has 6 nitrogen and oxygen atoms in total. The summed E-state index contributed by atoms with van der Waals surface area (Å²) in [5, 5.41) is 17.8. The summed E-state index contributed by atoms with van der Waals surface area (Å²) in [4.78, 5) is 15.6. The molecule has 0 bridgehead atoms. The minimum Gasteiger partial charge on any atom is -0.345 e. The lowest BCUT2D eigenvalue weighted by Gasteiger charge is -2.02. The van der Waals surface area contributed by atoms with Crippen molar-refractivity contribution in [1.29, 1.82) is 5.26 Å². The molecule has 0 spiro atoms. The van der Waals surface area contributed by atoms with Gasteiger partial charge in [-0.2, -0.15) is 5.26 Å². The molecule has 2 aromatic rings. The predicted octanol–water partition coefficient (Wildman–Crippen LogP) is 0.915. The molecule has 18 heavy (non-hydrogen) atoms. The van der Waals surface area contributed by atoms with Gasteiger partial charge in [-0.05, 0) is 24.6 Å². The Balaban J connectivity index is 1.99. The number of aromatic amines is 1. The quantitative estimate of drug-likeness (QED) is 0.835. The summed E-state index contributed by atoms with van der Waals surface area (Å²) in [6, 6.07) is 9.10. The summed E-state index contributed by atoms with van der Waals surface area (Å²) < 4.78 is 0. The first-order valence-corrected chi connectivity index (χ1v) is 5.35. The summed E-state index contributed by atoms with van der Waals surface area (Å²) in [6.45, 7) is 2.06. The number of H-pyrrole nitrogens is 1. The third-order valence-corrected chi connectivity index (χ3v) is 2.31. The third-order valence-electron chi connectivity index (χ3n) is 2.31. The smallest absolute Gasteiger partial charge is 0.291 e. The molecule has 0 aliphatic rings. The first kappa shape index (κ1) is 11.8. The van der Waals surface area contributed by atoms with Gasteiger partial charge in [0.15, 0.2) is 0 Å². The molecule has 0 saturated carbocycles. The lowest BCUT2D eigenvalue weighted by Crippen LogP contribution is -2.24. The molecule has 6 heteroatoms. The standard InChI is InChI=1S/C12H11N5O/c1-8-15-11(17-16-8)12(18)14-7-10-4-2-3-9(5-10)6-13/h2-5H,7H2,1H3,(H,14,18)(H,15,16,17). The van der Waals surface area contributed by atoms with Gasteiger partial charge in [0.25, 0.3) is 5.91 Å². The highest BCUT2D eigenvalue weighted by molar-refractivity contribution is 5.90. The van der Waals surface area contributed by atoms with E-state index in [0.717, 1.165) is 5.56 Å². The highest BCUT2D eigenvalue weighted by atomic mass is 16.2. The van der Waals surface area contributed by atoms with E-state index in [2.05, 4.69) is 20.5 Å². The second-order valence-electron chi connectivity index (χ2n) is 3.74. The van der Waals surface area contributed by atoms with Gasteiger partial charge in [-0.15, -0.1) is 5.10 Å². The Bertz CT molecular complexity index is 611. The van der Waals surface area contributed by atoms with E-state index < -0.39 is 0 Å². The Morgan fingerprint density at radius 1 is 1.56 bits per heavy atom. The largest absolute Gasteiger partial charge is 0.345 e. The van der Waals surface area contributed by atoms with Crippen LogP contribution in [0.5, 0.6) is 0 Å². The summed E-state index contributed by atoms with van der Waals surface area (Å²) in [5.41, 5.74) is 1.42. The molecule has 0 fully saturated rings. The third kappa shape index (κ3) is 2.71. The Labute approximate surface area is 104 Å². The molecule has 0 atom stereocenters. The van der Waals surface area contributed by atoms with Crippen LogP contribution in [0.25, 0.3) is 0 Å². The summed E-state index contributed by atoms with van der Waals surface area (Å²) >= 11 is 0. The van der Waals surface area contributed by atoms with Crippen molar-refractivity contribution < 1.29 is 4.79 Å². The first-order chi connectivity index (χ1) is 8.69. The molecule has 1 heterocycles. The average Bonchev–Trinajstić information content (AvgIpc) is 2.83. The fourth-order valence-corrected chi connectivity index (χ4v) is 1.46. The second-order valence-corrected chi connectivity index (χ2v) is 3.74. The van der Waals surface area contributed by atoms with Crippen LogP contribution < -0.4 is 5.32 Å². The van der Waals surface area contributed by atoms with Crippen LogP contribution >= 0.6 is 0 Å². The average molecular weight is 241 g/mol. The summed E-state index contributed by atoms with van der Waals surface area (Å²) in [7, 11) is 0. The van der Waals surface area contributed by atoms with E-state index in [1.807, 2.05) is 12.1 Å². The molecular formula is C12H11N5O. The van der Waals surface area contributed by atoms with Gasteiger partial charge >= 0.3 is 0 Å². The lowest BCUT2D eigenvalue weighted by atomic mass is 10.1. The molecule has 0 radical (unpaired) electrons. The van der Waals surface area contributed by atoms with Gasteiger partial charge in [-0.3, -0.25) is 9.89 Å². The SMILES string of the molecule is Cc1nc(C(=O)NCc2cccc(C#N)c2)n[nH]1.